The van der Waals surface area contributed by atoms with Crippen molar-refractivity contribution >= 4 is 16.0 Å². The van der Waals surface area contributed by atoms with Gasteiger partial charge in [-0.1, -0.05) is 13.8 Å². The van der Waals surface area contributed by atoms with E-state index in [9.17, 15) is 13.2 Å². The van der Waals surface area contributed by atoms with Gasteiger partial charge in [0.25, 0.3) is 10.0 Å². The van der Waals surface area contributed by atoms with E-state index in [1.54, 1.807) is 0 Å². The summed E-state index contributed by atoms with van der Waals surface area (Å²) in [5, 5.41) is -0.0832. The van der Waals surface area contributed by atoms with E-state index in [1.165, 1.54) is 19.6 Å². The first kappa shape index (κ1) is 14.7. The number of ether oxygens (including phenoxy) is 1. The van der Waals surface area contributed by atoms with Crippen LogP contribution in [0.3, 0.4) is 0 Å². The molecule has 0 aliphatic heterocycles. The average molecular weight is 275 g/mol. The first-order chi connectivity index (χ1) is 8.36. The van der Waals surface area contributed by atoms with Gasteiger partial charge in [0.15, 0.2) is 5.03 Å². The van der Waals surface area contributed by atoms with E-state index in [1.807, 2.05) is 13.8 Å². The number of hydrogen-bond donors (Lipinski definition) is 2. The normalized spacial score (nSPS) is 13.6. The predicted molar refractivity (Wildman–Crippen MR) is 64.2 cm³/mol. The monoisotopic (exact) mass is 275 g/mol. The van der Waals surface area contributed by atoms with E-state index in [0.29, 0.717) is 6.42 Å². The summed E-state index contributed by atoms with van der Waals surface area (Å²) in [5.41, 5.74) is 0. The number of esters is 1. The molecule has 1 heterocycles. The second kappa shape index (κ2) is 5.96. The number of aromatic nitrogens is 2. The minimum absolute atomic E-state index is 0.0832. The molecule has 0 amide bonds. The number of carbonyl (C=O) groups excluding carboxylic acids is 1. The van der Waals surface area contributed by atoms with Crippen LogP contribution in [0.2, 0.25) is 0 Å². The van der Waals surface area contributed by atoms with Crippen molar-refractivity contribution in [1.82, 2.24) is 14.7 Å². The van der Waals surface area contributed by atoms with Crippen molar-refractivity contribution in [3.63, 3.8) is 0 Å². The summed E-state index contributed by atoms with van der Waals surface area (Å²) in [6, 6.07) is -0.900. The smallest absolute Gasteiger partial charge is 0.323 e. The second-order valence-electron chi connectivity index (χ2n) is 4.24. The summed E-state index contributed by atoms with van der Waals surface area (Å²) in [4.78, 5) is 17.6. The van der Waals surface area contributed by atoms with Gasteiger partial charge in [0.05, 0.1) is 19.6 Å². The van der Waals surface area contributed by atoms with Crippen molar-refractivity contribution in [2.45, 2.75) is 31.3 Å². The third-order valence-corrected chi connectivity index (χ3v) is 3.65. The number of nitrogens with zero attached hydrogens (tertiary/aromatic N) is 1. The molecule has 1 atom stereocenters. The Bertz CT molecular complexity index is 481. The van der Waals surface area contributed by atoms with E-state index >= 15 is 0 Å². The number of nitrogens with one attached hydrogen (secondary N) is 2. The van der Waals surface area contributed by atoms with Crippen molar-refractivity contribution in [3.8, 4) is 0 Å². The topological polar surface area (TPSA) is 101 Å². The zero-order valence-electron chi connectivity index (χ0n) is 10.5. The van der Waals surface area contributed by atoms with Gasteiger partial charge >= 0.3 is 5.97 Å². The van der Waals surface area contributed by atoms with Crippen LogP contribution in [-0.2, 0) is 19.6 Å². The molecule has 0 saturated heterocycles. The highest BCUT2D eigenvalue weighted by Gasteiger charge is 2.27. The van der Waals surface area contributed by atoms with Gasteiger partial charge in [-0.2, -0.15) is 4.72 Å². The maximum atomic E-state index is 11.9. The van der Waals surface area contributed by atoms with Crippen LogP contribution >= 0.6 is 0 Å². The highest BCUT2D eigenvalue weighted by Crippen LogP contribution is 2.10. The van der Waals surface area contributed by atoms with Gasteiger partial charge in [0, 0.05) is 0 Å². The highest BCUT2D eigenvalue weighted by atomic mass is 32.2. The fraction of sp³-hybridized carbons (Fsp3) is 0.600. The van der Waals surface area contributed by atoms with Gasteiger partial charge in [0.2, 0.25) is 0 Å². The van der Waals surface area contributed by atoms with Gasteiger partial charge in [-0.15, -0.1) is 0 Å². The molecule has 8 heteroatoms. The fourth-order valence-corrected chi connectivity index (χ4v) is 2.55. The molecular formula is C10H17N3O4S. The van der Waals surface area contributed by atoms with Crippen LogP contribution in [0, 0.1) is 5.92 Å². The molecule has 1 aromatic rings. The number of methoxy groups -OCH3 is 1. The van der Waals surface area contributed by atoms with Gasteiger partial charge in [-0.05, 0) is 12.3 Å². The third kappa shape index (κ3) is 3.81. The quantitative estimate of drug-likeness (QED) is 0.726. The van der Waals surface area contributed by atoms with Crippen LogP contribution in [0.15, 0.2) is 17.6 Å². The number of rotatable bonds is 6. The Labute approximate surface area is 106 Å². The maximum Gasteiger partial charge on any atom is 0.323 e. The molecule has 0 fully saturated rings. The number of carbonyl (C=O) groups is 1. The zero-order valence-corrected chi connectivity index (χ0v) is 11.3. The summed E-state index contributed by atoms with van der Waals surface area (Å²) in [7, 11) is -2.56. The van der Waals surface area contributed by atoms with Crippen LogP contribution in [-0.4, -0.2) is 37.5 Å². The molecule has 1 aromatic heterocycles. The minimum Gasteiger partial charge on any atom is -0.468 e. The highest BCUT2D eigenvalue weighted by molar-refractivity contribution is 7.89. The summed E-state index contributed by atoms with van der Waals surface area (Å²) in [6.45, 7) is 3.78. The standard InChI is InChI=1S/C10H17N3O4S/c1-7(2)4-8(10(14)17-3)13-18(15,16)9-5-11-6-12-9/h5-8,13H,4H2,1-3H3,(H,11,12). The third-order valence-electron chi connectivity index (χ3n) is 2.25. The first-order valence-electron chi connectivity index (χ1n) is 5.45. The molecule has 0 radical (unpaired) electrons. The van der Waals surface area contributed by atoms with Crippen LogP contribution in [0.4, 0.5) is 0 Å². The lowest BCUT2D eigenvalue weighted by Gasteiger charge is -2.17. The lowest BCUT2D eigenvalue weighted by atomic mass is 10.1. The SMILES string of the molecule is COC(=O)C(CC(C)C)NS(=O)(=O)c1cnc[nH]1. The number of sulfonamides is 1. The molecule has 0 spiro atoms. The Morgan fingerprint density at radius 3 is 2.67 bits per heavy atom. The van der Waals surface area contributed by atoms with Crippen molar-refractivity contribution < 1.29 is 17.9 Å². The van der Waals surface area contributed by atoms with Gasteiger partial charge in [-0.3, -0.25) is 4.79 Å². The molecule has 0 bridgehead atoms. The average Bonchev–Trinajstić information content (AvgIpc) is 2.80. The van der Waals surface area contributed by atoms with Crippen LogP contribution in [0.25, 0.3) is 0 Å². The molecule has 18 heavy (non-hydrogen) atoms. The summed E-state index contributed by atoms with van der Waals surface area (Å²) < 4.78 is 30.7. The van der Waals surface area contributed by atoms with Crippen molar-refractivity contribution in [2.24, 2.45) is 5.92 Å². The predicted octanol–water partition coefficient (Wildman–Crippen LogP) is 0.276. The Morgan fingerprint density at radius 1 is 1.56 bits per heavy atom. The molecule has 0 aliphatic carbocycles. The van der Waals surface area contributed by atoms with Gasteiger partial charge in [0.1, 0.15) is 6.04 Å². The van der Waals surface area contributed by atoms with E-state index in [0.717, 1.165) is 0 Å². The van der Waals surface area contributed by atoms with Gasteiger partial charge < -0.3 is 9.72 Å². The molecular weight excluding hydrogens is 258 g/mol. The maximum absolute atomic E-state index is 11.9. The van der Waals surface area contributed by atoms with E-state index in [2.05, 4.69) is 19.4 Å². The Hall–Kier alpha value is -1.41. The zero-order chi connectivity index (χ0) is 13.8. The second-order valence-corrected chi connectivity index (χ2v) is 5.92. The molecule has 7 nitrogen and oxygen atoms in total. The first-order valence-corrected chi connectivity index (χ1v) is 6.93. The van der Waals surface area contributed by atoms with Crippen molar-refractivity contribution in [3.05, 3.63) is 12.5 Å². The molecule has 0 aliphatic rings. The molecule has 2 N–H and O–H groups in total. The Kier molecular flexibility index (Phi) is 4.85. The lowest BCUT2D eigenvalue weighted by molar-refractivity contribution is -0.143. The fourth-order valence-electron chi connectivity index (χ4n) is 1.45. The molecule has 0 aromatic carbocycles. The van der Waals surface area contributed by atoms with Crippen molar-refractivity contribution in [1.29, 1.82) is 0 Å². The summed E-state index contributed by atoms with van der Waals surface area (Å²) in [6.07, 6.45) is 2.79. The van der Waals surface area contributed by atoms with Crippen LogP contribution < -0.4 is 4.72 Å². The number of aromatic amines is 1. The van der Waals surface area contributed by atoms with E-state index in [4.69, 9.17) is 0 Å². The number of hydrogen-bond acceptors (Lipinski definition) is 5. The largest absolute Gasteiger partial charge is 0.468 e. The molecule has 0 saturated carbocycles. The minimum atomic E-state index is -3.79. The molecule has 1 unspecified atom stereocenters. The molecule has 102 valence electrons. The number of imidazole rings is 1. The Morgan fingerprint density at radius 2 is 2.22 bits per heavy atom. The van der Waals surface area contributed by atoms with Crippen LogP contribution in [0.1, 0.15) is 20.3 Å². The summed E-state index contributed by atoms with van der Waals surface area (Å²) >= 11 is 0. The van der Waals surface area contributed by atoms with E-state index < -0.39 is 22.0 Å². The van der Waals surface area contributed by atoms with Crippen molar-refractivity contribution in [2.75, 3.05) is 7.11 Å². The molecule has 1 rings (SSSR count). The Balaban J connectivity index is 2.86. The van der Waals surface area contributed by atoms with Crippen LogP contribution in [0.5, 0.6) is 0 Å². The summed E-state index contributed by atoms with van der Waals surface area (Å²) in [5.74, 6) is -0.453. The lowest BCUT2D eigenvalue weighted by Crippen LogP contribution is -2.42. The van der Waals surface area contributed by atoms with E-state index in [-0.39, 0.29) is 10.9 Å². The number of H-pyrrole nitrogens is 1. The van der Waals surface area contributed by atoms with Gasteiger partial charge in [-0.25, -0.2) is 13.4 Å².